The van der Waals surface area contributed by atoms with Crippen molar-refractivity contribution >= 4 is 27.2 Å². The summed E-state index contributed by atoms with van der Waals surface area (Å²) in [4.78, 5) is -0.929. The van der Waals surface area contributed by atoms with E-state index < -0.39 is 28.2 Å². The van der Waals surface area contributed by atoms with Crippen LogP contribution in [0.15, 0.2) is 24.3 Å². The lowest BCUT2D eigenvalue weighted by atomic mass is 10.3. The lowest BCUT2D eigenvalue weighted by molar-refractivity contribution is 0.0435. The molecule has 2 aromatic rings. The molecule has 0 aliphatic carbocycles. The maximum absolute atomic E-state index is 7.75. The SMILES string of the molecule is [2H]C([2H])([2H])OC(n1nnc2ccccc21)([Si](C)(C)C)[Si](C)(C)C. The first-order chi connectivity index (χ1) is 10.3. The maximum atomic E-state index is 7.75. The summed E-state index contributed by atoms with van der Waals surface area (Å²) in [6.45, 7) is 12.8. The first-order valence-electron chi connectivity index (χ1n) is 8.31. The van der Waals surface area contributed by atoms with Crippen molar-refractivity contribution < 1.29 is 8.85 Å². The molecule has 1 heterocycles. The number of benzene rings is 1. The predicted molar refractivity (Wildman–Crippen MR) is 89.2 cm³/mol. The molecule has 0 radical (unpaired) electrons. The molecule has 110 valence electrons. The number of ether oxygens (including phenoxy) is 1. The van der Waals surface area contributed by atoms with Gasteiger partial charge in [-0.25, -0.2) is 4.68 Å². The van der Waals surface area contributed by atoms with Crippen molar-refractivity contribution in [3.63, 3.8) is 0 Å². The first kappa shape index (κ1) is 11.6. The van der Waals surface area contributed by atoms with E-state index in [-0.39, 0.29) is 0 Å². The zero-order valence-electron chi connectivity index (χ0n) is 16.1. The van der Waals surface area contributed by atoms with Gasteiger partial charge in [0.05, 0.1) is 9.63 Å². The Labute approximate surface area is 127 Å². The number of nitrogens with zero attached hydrogens (tertiary/aromatic N) is 3. The van der Waals surface area contributed by atoms with Crippen LogP contribution in [0.4, 0.5) is 0 Å². The van der Waals surface area contributed by atoms with E-state index in [9.17, 15) is 0 Å². The number of rotatable bonds is 4. The van der Waals surface area contributed by atoms with Gasteiger partial charge < -0.3 is 4.74 Å². The van der Waals surface area contributed by atoms with Crippen molar-refractivity contribution in [2.24, 2.45) is 0 Å². The monoisotopic (exact) mass is 310 g/mol. The zero-order valence-corrected chi connectivity index (χ0v) is 15.1. The van der Waals surface area contributed by atoms with E-state index in [2.05, 4.69) is 49.6 Å². The number of aromatic nitrogens is 3. The van der Waals surface area contributed by atoms with Gasteiger partial charge in [0.15, 0.2) is 0 Å². The van der Waals surface area contributed by atoms with Gasteiger partial charge in [-0.3, -0.25) is 0 Å². The fourth-order valence-corrected chi connectivity index (χ4v) is 14.4. The summed E-state index contributed by atoms with van der Waals surface area (Å²) in [5.74, 6) is 0. The van der Waals surface area contributed by atoms with Crippen molar-refractivity contribution in [1.82, 2.24) is 15.0 Å². The molecule has 0 bridgehead atoms. The highest BCUT2D eigenvalue weighted by Crippen LogP contribution is 2.39. The molecule has 0 saturated heterocycles. The molecule has 1 aromatic heterocycles. The molecule has 6 heteroatoms. The van der Waals surface area contributed by atoms with Crippen LogP contribution < -0.4 is 0 Å². The van der Waals surface area contributed by atoms with Crippen LogP contribution in [-0.2, 0) is 9.71 Å². The van der Waals surface area contributed by atoms with E-state index in [1.807, 2.05) is 24.3 Å². The average Bonchev–Trinajstić information content (AvgIpc) is 2.75. The van der Waals surface area contributed by atoms with Crippen molar-refractivity contribution in [2.45, 2.75) is 44.3 Å². The number of hydrogen-bond donors (Lipinski definition) is 0. The highest BCUT2D eigenvalue weighted by atomic mass is 28.4. The molecular weight excluding hydrogens is 282 g/mol. The van der Waals surface area contributed by atoms with Crippen molar-refractivity contribution in [3.8, 4) is 0 Å². The van der Waals surface area contributed by atoms with Crippen LogP contribution in [0.25, 0.3) is 11.0 Å². The lowest BCUT2D eigenvalue weighted by Gasteiger charge is -2.50. The van der Waals surface area contributed by atoms with Crippen LogP contribution in [-0.4, -0.2) is 38.2 Å². The van der Waals surface area contributed by atoms with Gasteiger partial charge >= 0.3 is 0 Å². The molecule has 0 spiro atoms. The molecule has 0 aliphatic rings. The molecular formula is C14H25N3OSi2. The smallest absolute Gasteiger partial charge is 0.132 e. The molecule has 2 rings (SSSR count). The zero-order chi connectivity index (χ0) is 17.7. The Morgan fingerprint density at radius 3 is 2.25 bits per heavy atom. The molecule has 4 nitrogen and oxygen atoms in total. The minimum absolute atomic E-state index is 0.752. The highest BCUT2D eigenvalue weighted by molar-refractivity contribution is 6.96. The number of fused-ring (bicyclic) bond motifs is 1. The van der Waals surface area contributed by atoms with Gasteiger partial charge in [-0.15, -0.1) is 5.10 Å². The van der Waals surface area contributed by atoms with Gasteiger partial charge in [-0.1, -0.05) is 56.6 Å². The van der Waals surface area contributed by atoms with E-state index in [0.29, 0.717) is 0 Å². The molecule has 20 heavy (non-hydrogen) atoms. The fourth-order valence-electron chi connectivity index (χ4n) is 3.21. The Hall–Kier alpha value is -0.986. The first-order valence-corrected chi connectivity index (χ1v) is 13.8. The van der Waals surface area contributed by atoms with Crippen molar-refractivity contribution in [3.05, 3.63) is 24.3 Å². The van der Waals surface area contributed by atoms with E-state index in [1.165, 1.54) is 0 Å². The molecule has 0 unspecified atom stereocenters. The Kier molecular flexibility index (Phi) is 2.79. The van der Waals surface area contributed by atoms with Crippen molar-refractivity contribution in [1.29, 1.82) is 0 Å². The number of hydrogen-bond acceptors (Lipinski definition) is 3. The molecule has 1 aromatic carbocycles. The molecule has 0 atom stereocenters. The third-order valence-corrected chi connectivity index (χ3v) is 13.0. The van der Waals surface area contributed by atoms with Gasteiger partial charge in [0.1, 0.15) is 26.6 Å². The average molecular weight is 311 g/mol. The molecule has 0 fully saturated rings. The molecule has 0 N–H and O–H groups in total. The minimum atomic E-state index is -2.49. The number of methoxy groups -OCH3 is 1. The van der Waals surface area contributed by atoms with Crippen LogP contribution >= 0.6 is 0 Å². The summed E-state index contributed by atoms with van der Waals surface area (Å²) in [7, 11) is -6.82. The fraction of sp³-hybridized carbons (Fsp3) is 0.571. The summed E-state index contributed by atoms with van der Waals surface area (Å²) < 4.78 is 30.9. The van der Waals surface area contributed by atoms with Crippen LogP contribution in [0, 0.1) is 0 Å². The Morgan fingerprint density at radius 1 is 1.10 bits per heavy atom. The molecule has 0 aliphatic heterocycles. The third kappa shape index (κ3) is 2.06. The third-order valence-electron chi connectivity index (χ3n) is 3.83. The van der Waals surface area contributed by atoms with E-state index in [1.54, 1.807) is 4.68 Å². The summed E-state index contributed by atoms with van der Waals surface area (Å²) >= 11 is 0. The molecule has 0 amide bonds. The summed E-state index contributed by atoms with van der Waals surface area (Å²) in [6, 6.07) is 7.62. The van der Waals surface area contributed by atoms with Crippen LogP contribution in [0.1, 0.15) is 4.11 Å². The van der Waals surface area contributed by atoms with Gasteiger partial charge in [0.2, 0.25) is 0 Å². The van der Waals surface area contributed by atoms with Gasteiger partial charge in [-0.2, -0.15) is 0 Å². The highest BCUT2D eigenvalue weighted by Gasteiger charge is 2.56. The van der Waals surface area contributed by atoms with Gasteiger partial charge in [0.25, 0.3) is 0 Å². The normalized spacial score (nSPS) is 16.8. The topological polar surface area (TPSA) is 39.9 Å². The Balaban J connectivity index is 2.85. The lowest BCUT2D eigenvalue weighted by Crippen LogP contribution is -2.68. The van der Waals surface area contributed by atoms with Crippen LogP contribution in [0.3, 0.4) is 0 Å². The van der Waals surface area contributed by atoms with Gasteiger partial charge in [-0.05, 0) is 12.1 Å². The summed E-state index contributed by atoms with van der Waals surface area (Å²) in [5, 5.41) is 8.58. The predicted octanol–water partition coefficient (Wildman–Crippen LogP) is 3.49. The second-order valence-corrected chi connectivity index (χ2v) is 18.1. The standard InChI is InChI=1S/C14H25N3OSi2/c1-18-14(19(2,3)4,20(5,6)7)17-13-11-9-8-10-12(13)15-16-17/h8-11H,1-7H3/i1D3. The van der Waals surface area contributed by atoms with E-state index in [4.69, 9.17) is 8.85 Å². The van der Waals surface area contributed by atoms with E-state index >= 15 is 0 Å². The van der Waals surface area contributed by atoms with E-state index in [0.717, 1.165) is 11.0 Å². The van der Waals surface area contributed by atoms with Gasteiger partial charge in [0, 0.05) is 7.04 Å². The minimum Gasteiger partial charge on any atom is -0.364 e. The number of para-hydroxylation sites is 1. The van der Waals surface area contributed by atoms with Crippen molar-refractivity contribution in [2.75, 3.05) is 7.04 Å². The Morgan fingerprint density at radius 2 is 1.70 bits per heavy atom. The van der Waals surface area contributed by atoms with Crippen LogP contribution in [0.5, 0.6) is 0 Å². The summed E-state index contributed by atoms with van der Waals surface area (Å²) in [6.07, 6.45) is 0. The Bertz CT molecular complexity index is 688. The second-order valence-electron chi connectivity index (χ2n) is 7.24. The summed E-state index contributed by atoms with van der Waals surface area (Å²) in [5.41, 5.74) is 1.57. The maximum Gasteiger partial charge on any atom is 0.132 e. The largest absolute Gasteiger partial charge is 0.364 e. The molecule has 0 saturated carbocycles. The quantitative estimate of drug-likeness (QED) is 0.812. The second kappa shape index (κ2) is 4.78. The van der Waals surface area contributed by atoms with Crippen LogP contribution in [0.2, 0.25) is 39.3 Å².